The minimum absolute atomic E-state index is 0.00871. The second-order valence-corrected chi connectivity index (χ2v) is 7.03. The molecule has 0 saturated carbocycles. The van der Waals surface area contributed by atoms with Crippen molar-refractivity contribution in [1.82, 2.24) is 14.5 Å². The summed E-state index contributed by atoms with van der Waals surface area (Å²) in [4.78, 5) is 19.8. The summed E-state index contributed by atoms with van der Waals surface area (Å²) in [6.45, 7) is 2.53. The Labute approximate surface area is 168 Å². The highest BCUT2D eigenvalue weighted by atomic mass is 19.1. The van der Waals surface area contributed by atoms with E-state index in [0.29, 0.717) is 47.1 Å². The maximum atomic E-state index is 14.6. The van der Waals surface area contributed by atoms with Gasteiger partial charge in [-0.2, -0.15) is 4.98 Å². The summed E-state index contributed by atoms with van der Waals surface area (Å²) in [6.07, 6.45) is -0.313. The Morgan fingerprint density at radius 1 is 1.30 bits per heavy atom. The van der Waals surface area contributed by atoms with Gasteiger partial charge in [0.25, 0.3) is 6.01 Å². The number of nitrogen functional groups attached to an aromatic ring is 1. The largest absolute Gasteiger partial charge is 0.491 e. The first kappa shape index (κ1) is 18.2. The molecule has 3 heterocycles. The fourth-order valence-electron chi connectivity index (χ4n) is 3.62. The summed E-state index contributed by atoms with van der Waals surface area (Å²) in [6, 6.07) is 6.18. The number of carbonyl (C=O) groups is 1. The Morgan fingerprint density at radius 3 is 2.93 bits per heavy atom. The monoisotopic (exact) mass is 412 g/mol. The average Bonchev–Trinajstić information content (AvgIpc) is 3.17. The number of benzene rings is 2. The van der Waals surface area contributed by atoms with Gasteiger partial charge < -0.3 is 29.3 Å². The zero-order valence-electron chi connectivity index (χ0n) is 15.9. The molecule has 154 valence electrons. The number of aromatic nitrogens is 3. The van der Waals surface area contributed by atoms with E-state index in [1.165, 1.54) is 13.0 Å². The number of nitrogens with zero attached hydrogens (tertiary/aromatic N) is 3. The standard InChI is InChI=1S/C20H17FN4O5/c1-9(19(26)27)29-11-7-13-16-15(8-11)28-4-2-3-25(16)18(23-13)10-5-12(21)17-14(6-10)24-20(22)30-17/h5-9H,2-4H2,1H3,(H2,22,24)(H,26,27)/t9-/m0/s1. The van der Waals surface area contributed by atoms with Crippen LogP contribution in [0, 0.1) is 5.82 Å². The number of aryl methyl sites for hydroxylation is 1. The lowest BCUT2D eigenvalue weighted by molar-refractivity contribution is -0.144. The van der Waals surface area contributed by atoms with Crippen molar-refractivity contribution < 1.29 is 28.2 Å². The molecule has 0 amide bonds. The summed E-state index contributed by atoms with van der Waals surface area (Å²) >= 11 is 0. The van der Waals surface area contributed by atoms with Crippen LogP contribution in [0.15, 0.2) is 28.7 Å². The first-order valence-electron chi connectivity index (χ1n) is 9.33. The van der Waals surface area contributed by atoms with Gasteiger partial charge in [0.1, 0.15) is 28.4 Å². The van der Waals surface area contributed by atoms with E-state index in [0.717, 1.165) is 11.9 Å². The molecule has 1 aliphatic rings. The van der Waals surface area contributed by atoms with Crippen LogP contribution in [0.2, 0.25) is 0 Å². The minimum atomic E-state index is -1.08. The van der Waals surface area contributed by atoms with Gasteiger partial charge in [-0.15, -0.1) is 0 Å². The van der Waals surface area contributed by atoms with Crippen LogP contribution in [-0.2, 0) is 11.3 Å². The number of imidazole rings is 1. The normalized spacial score (nSPS) is 14.5. The Hall–Kier alpha value is -3.82. The molecule has 0 aliphatic carbocycles. The van der Waals surface area contributed by atoms with E-state index >= 15 is 0 Å². The van der Waals surface area contributed by atoms with Crippen molar-refractivity contribution >= 4 is 34.1 Å². The van der Waals surface area contributed by atoms with Crippen LogP contribution < -0.4 is 15.2 Å². The molecule has 3 N–H and O–H groups in total. The third-order valence-corrected chi connectivity index (χ3v) is 4.94. The maximum absolute atomic E-state index is 14.6. The van der Waals surface area contributed by atoms with Crippen LogP contribution in [0.3, 0.4) is 0 Å². The predicted molar refractivity (Wildman–Crippen MR) is 105 cm³/mol. The van der Waals surface area contributed by atoms with Crippen molar-refractivity contribution in [2.24, 2.45) is 0 Å². The fraction of sp³-hybridized carbons (Fsp3) is 0.250. The van der Waals surface area contributed by atoms with E-state index in [2.05, 4.69) is 9.97 Å². The molecule has 1 atom stereocenters. The zero-order valence-corrected chi connectivity index (χ0v) is 15.9. The van der Waals surface area contributed by atoms with Crippen molar-refractivity contribution in [2.45, 2.75) is 26.0 Å². The summed E-state index contributed by atoms with van der Waals surface area (Å²) in [5.41, 5.74) is 7.64. The van der Waals surface area contributed by atoms with Gasteiger partial charge in [-0.05, 0) is 25.5 Å². The lowest BCUT2D eigenvalue weighted by Crippen LogP contribution is -2.22. The molecule has 0 bridgehead atoms. The van der Waals surface area contributed by atoms with Gasteiger partial charge >= 0.3 is 5.97 Å². The van der Waals surface area contributed by atoms with Crippen molar-refractivity contribution in [3.8, 4) is 22.9 Å². The van der Waals surface area contributed by atoms with Gasteiger partial charge in [-0.3, -0.25) is 0 Å². The van der Waals surface area contributed by atoms with Crippen molar-refractivity contribution in [3.05, 3.63) is 30.1 Å². The molecular formula is C20H17FN4O5. The summed E-state index contributed by atoms with van der Waals surface area (Å²) < 4.78 is 33.0. The van der Waals surface area contributed by atoms with Crippen molar-refractivity contribution in [2.75, 3.05) is 12.3 Å². The molecule has 0 fully saturated rings. The van der Waals surface area contributed by atoms with Crippen LogP contribution >= 0.6 is 0 Å². The first-order chi connectivity index (χ1) is 14.4. The number of halogens is 1. The van der Waals surface area contributed by atoms with E-state index < -0.39 is 17.9 Å². The number of fused-ring (bicyclic) bond motifs is 1. The molecule has 0 saturated heterocycles. The van der Waals surface area contributed by atoms with Gasteiger partial charge in [0.05, 0.1) is 12.1 Å². The fourth-order valence-corrected chi connectivity index (χ4v) is 3.62. The molecular weight excluding hydrogens is 395 g/mol. The summed E-state index contributed by atoms with van der Waals surface area (Å²) in [5.74, 6) is -0.276. The molecule has 1 aliphatic heterocycles. The lowest BCUT2D eigenvalue weighted by atomic mass is 10.2. The first-order valence-corrected chi connectivity index (χ1v) is 9.33. The molecule has 2 aromatic heterocycles. The van der Waals surface area contributed by atoms with Crippen LogP contribution in [0.5, 0.6) is 11.5 Å². The zero-order chi connectivity index (χ0) is 21.0. The van der Waals surface area contributed by atoms with Gasteiger partial charge in [0.2, 0.25) is 0 Å². The van der Waals surface area contributed by atoms with E-state index in [1.54, 1.807) is 18.2 Å². The van der Waals surface area contributed by atoms with E-state index in [9.17, 15) is 9.18 Å². The molecule has 5 rings (SSSR count). The molecule has 0 unspecified atom stereocenters. The van der Waals surface area contributed by atoms with E-state index in [1.807, 2.05) is 4.57 Å². The third kappa shape index (κ3) is 2.88. The van der Waals surface area contributed by atoms with Crippen LogP contribution in [0.25, 0.3) is 33.5 Å². The maximum Gasteiger partial charge on any atom is 0.344 e. The topological polar surface area (TPSA) is 126 Å². The Balaban J connectivity index is 1.69. The number of carboxylic acids is 1. The molecule has 9 nitrogen and oxygen atoms in total. The van der Waals surface area contributed by atoms with Gasteiger partial charge in [-0.1, -0.05) is 0 Å². The Bertz CT molecular complexity index is 1310. The highest BCUT2D eigenvalue weighted by molar-refractivity contribution is 5.89. The number of hydrogen-bond acceptors (Lipinski definition) is 7. The quantitative estimate of drug-likeness (QED) is 0.523. The second kappa shape index (κ2) is 6.61. The van der Waals surface area contributed by atoms with Gasteiger partial charge in [0, 0.05) is 24.2 Å². The molecule has 0 spiro atoms. The minimum Gasteiger partial charge on any atom is -0.491 e. The van der Waals surface area contributed by atoms with E-state index in [-0.39, 0.29) is 11.6 Å². The van der Waals surface area contributed by atoms with Crippen LogP contribution in [0.1, 0.15) is 13.3 Å². The SMILES string of the molecule is C[C@H](Oc1cc2c3c(c1)nc(-c1cc(F)c4oc(N)nc4c1)n3CCCO2)C(=O)O. The van der Waals surface area contributed by atoms with Gasteiger partial charge in [0.15, 0.2) is 17.5 Å². The molecule has 4 aromatic rings. The highest BCUT2D eigenvalue weighted by Gasteiger charge is 2.23. The highest BCUT2D eigenvalue weighted by Crippen LogP contribution is 2.38. The summed E-state index contributed by atoms with van der Waals surface area (Å²) in [5, 5.41) is 9.12. The summed E-state index contributed by atoms with van der Waals surface area (Å²) in [7, 11) is 0. The number of anilines is 1. The number of nitrogens with two attached hydrogens (primary N) is 1. The Morgan fingerprint density at radius 2 is 2.13 bits per heavy atom. The number of ether oxygens (including phenoxy) is 2. The average molecular weight is 412 g/mol. The van der Waals surface area contributed by atoms with Crippen molar-refractivity contribution in [1.29, 1.82) is 0 Å². The van der Waals surface area contributed by atoms with Crippen molar-refractivity contribution in [3.63, 3.8) is 0 Å². The number of hydrogen-bond donors (Lipinski definition) is 2. The van der Waals surface area contributed by atoms with Gasteiger partial charge in [-0.25, -0.2) is 14.2 Å². The predicted octanol–water partition coefficient (Wildman–Crippen LogP) is 3.20. The molecule has 10 heteroatoms. The number of rotatable bonds is 4. The molecule has 2 aromatic carbocycles. The number of oxazole rings is 1. The van der Waals surface area contributed by atoms with Crippen LogP contribution in [-0.4, -0.2) is 38.3 Å². The number of carboxylic acid groups (broad SMARTS) is 1. The lowest BCUT2D eigenvalue weighted by Gasteiger charge is -2.12. The number of aliphatic carboxylic acids is 1. The molecule has 0 radical (unpaired) electrons. The molecule has 30 heavy (non-hydrogen) atoms. The third-order valence-electron chi connectivity index (χ3n) is 4.94. The Kier molecular flexibility index (Phi) is 4.02. The van der Waals surface area contributed by atoms with E-state index in [4.69, 9.17) is 24.7 Å². The second-order valence-electron chi connectivity index (χ2n) is 7.03. The smallest absolute Gasteiger partial charge is 0.344 e. The van der Waals surface area contributed by atoms with Crippen LogP contribution in [0.4, 0.5) is 10.4 Å².